The standard InChI is InChI=1S/C11H19N3O4S/c1-13-19(16,17)9-3-4-10(12)11(5-9)14-6-8(15)7-18-2/h3-5,8,13-15H,6-7,12H2,1-2H3. The van der Waals surface area contributed by atoms with Gasteiger partial charge in [0.25, 0.3) is 0 Å². The Kier molecular flexibility index (Phi) is 5.55. The summed E-state index contributed by atoms with van der Waals surface area (Å²) in [5.41, 5.74) is 6.60. The second-order valence-corrected chi connectivity index (χ2v) is 5.83. The third-order valence-electron chi connectivity index (χ3n) is 2.49. The largest absolute Gasteiger partial charge is 0.397 e. The molecule has 0 aliphatic carbocycles. The van der Waals surface area contributed by atoms with Crippen molar-refractivity contribution in [2.45, 2.75) is 11.0 Å². The van der Waals surface area contributed by atoms with Gasteiger partial charge in [-0.25, -0.2) is 13.1 Å². The van der Waals surface area contributed by atoms with Crippen LogP contribution in [0.5, 0.6) is 0 Å². The first-order chi connectivity index (χ1) is 8.90. The summed E-state index contributed by atoms with van der Waals surface area (Å²) in [7, 11) is -0.701. The van der Waals surface area contributed by atoms with Gasteiger partial charge in [0, 0.05) is 13.7 Å². The van der Waals surface area contributed by atoms with Gasteiger partial charge in [-0.2, -0.15) is 0 Å². The van der Waals surface area contributed by atoms with E-state index in [1.807, 2.05) is 0 Å². The molecule has 0 aliphatic heterocycles. The summed E-state index contributed by atoms with van der Waals surface area (Å²) >= 11 is 0. The minimum absolute atomic E-state index is 0.105. The molecule has 0 aromatic heterocycles. The number of aliphatic hydroxyl groups is 1. The highest BCUT2D eigenvalue weighted by molar-refractivity contribution is 7.89. The van der Waals surface area contributed by atoms with Gasteiger partial charge < -0.3 is 20.9 Å². The first-order valence-corrected chi connectivity index (χ1v) is 7.13. The van der Waals surface area contributed by atoms with E-state index in [0.717, 1.165) is 0 Å². The predicted octanol–water partition coefficient (Wildman–Crippen LogP) is -0.404. The molecule has 19 heavy (non-hydrogen) atoms. The van der Waals surface area contributed by atoms with Gasteiger partial charge >= 0.3 is 0 Å². The Morgan fingerprint density at radius 2 is 2.16 bits per heavy atom. The van der Waals surface area contributed by atoms with E-state index in [1.54, 1.807) is 0 Å². The van der Waals surface area contributed by atoms with Gasteiger partial charge in [0.05, 0.1) is 29.0 Å². The van der Waals surface area contributed by atoms with Crippen molar-refractivity contribution in [3.63, 3.8) is 0 Å². The Hall–Kier alpha value is -1.35. The van der Waals surface area contributed by atoms with Gasteiger partial charge in [0.15, 0.2) is 0 Å². The lowest BCUT2D eigenvalue weighted by Crippen LogP contribution is -2.25. The highest BCUT2D eigenvalue weighted by Crippen LogP contribution is 2.22. The van der Waals surface area contributed by atoms with Gasteiger partial charge in [-0.15, -0.1) is 0 Å². The van der Waals surface area contributed by atoms with Gasteiger partial charge in [0.2, 0.25) is 10.0 Å². The second-order valence-electron chi connectivity index (χ2n) is 3.95. The van der Waals surface area contributed by atoms with E-state index in [2.05, 4.69) is 10.0 Å². The average molecular weight is 289 g/mol. The topological polar surface area (TPSA) is 114 Å². The van der Waals surface area contributed by atoms with Gasteiger partial charge in [0.1, 0.15) is 0 Å². The van der Waals surface area contributed by atoms with Crippen LogP contribution in [0.4, 0.5) is 11.4 Å². The van der Waals surface area contributed by atoms with Crippen LogP contribution in [0.1, 0.15) is 0 Å². The minimum atomic E-state index is -3.52. The molecule has 0 heterocycles. The molecule has 0 bridgehead atoms. The maximum Gasteiger partial charge on any atom is 0.240 e. The number of sulfonamides is 1. The highest BCUT2D eigenvalue weighted by atomic mass is 32.2. The normalized spacial score (nSPS) is 13.2. The molecule has 108 valence electrons. The summed E-state index contributed by atoms with van der Waals surface area (Å²) in [6.07, 6.45) is -0.700. The van der Waals surface area contributed by atoms with Crippen LogP contribution < -0.4 is 15.8 Å². The maximum absolute atomic E-state index is 11.7. The lowest BCUT2D eigenvalue weighted by atomic mass is 10.2. The van der Waals surface area contributed by atoms with E-state index < -0.39 is 16.1 Å². The molecule has 0 saturated carbocycles. The lowest BCUT2D eigenvalue weighted by molar-refractivity contribution is 0.0728. The van der Waals surface area contributed by atoms with E-state index in [9.17, 15) is 13.5 Å². The van der Waals surface area contributed by atoms with Crippen LogP contribution >= 0.6 is 0 Å². The smallest absolute Gasteiger partial charge is 0.240 e. The Morgan fingerprint density at radius 3 is 2.74 bits per heavy atom. The van der Waals surface area contributed by atoms with Crippen LogP contribution in [0, 0.1) is 0 Å². The summed E-state index contributed by atoms with van der Waals surface area (Å²) in [5, 5.41) is 12.4. The first-order valence-electron chi connectivity index (χ1n) is 5.64. The van der Waals surface area contributed by atoms with Gasteiger partial charge in [-0.05, 0) is 25.2 Å². The van der Waals surface area contributed by atoms with E-state index in [1.165, 1.54) is 32.4 Å². The fourth-order valence-electron chi connectivity index (χ4n) is 1.45. The summed E-state index contributed by atoms with van der Waals surface area (Å²) < 4.78 is 30.3. The summed E-state index contributed by atoms with van der Waals surface area (Å²) in [4.78, 5) is 0.105. The van der Waals surface area contributed by atoms with Crippen LogP contribution in [-0.2, 0) is 14.8 Å². The van der Waals surface area contributed by atoms with E-state index in [4.69, 9.17) is 10.5 Å². The minimum Gasteiger partial charge on any atom is -0.397 e. The Balaban J connectivity index is 2.87. The molecule has 0 aliphatic rings. The number of rotatable bonds is 7. The van der Waals surface area contributed by atoms with Crippen LogP contribution in [0.2, 0.25) is 0 Å². The molecule has 1 aromatic rings. The Labute approximate surface area is 112 Å². The summed E-state index contributed by atoms with van der Waals surface area (Å²) in [5.74, 6) is 0. The fourth-order valence-corrected chi connectivity index (χ4v) is 2.21. The third-order valence-corrected chi connectivity index (χ3v) is 3.90. The Bertz CT molecular complexity index is 519. The zero-order chi connectivity index (χ0) is 14.5. The van der Waals surface area contributed by atoms with Crippen molar-refractivity contribution in [3.05, 3.63) is 18.2 Å². The molecule has 0 amide bonds. The number of methoxy groups -OCH3 is 1. The Morgan fingerprint density at radius 1 is 1.47 bits per heavy atom. The van der Waals surface area contributed by atoms with Crippen molar-refractivity contribution in [1.82, 2.24) is 4.72 Å². The molecule has 0 radical (unpaired) electrons. The number of nitrogens with two attached hydrogens (primary N) is 1. The van der Waals surface area contributed by atoms with Crippen molar-refractivity contribution >= 4 is 21.4 Å². The molecule has 0 spiro atoms. The SMILES string of the molecule is CNS(=O)(=O)c1ccc(N)c(NCC(O)COC)c1. The number of nitrogens with one attached hydrogen (secondary N) is 2. The molecule has 0 fully saturated rings. The van der Waals surface area contributed by atoms with E-state index in [0.29, 0.717) is 11.4 Å². The number of hydrogen-bond acceptors (Lipinski definition) is 6. The quantitative estimate of drug-likeness (QED) is 0.508. The zero-order valence-corrected chi connectivity index (χ0v) is 11.7. The molecular formula is C11H19N3O4S. The maximum atomic E-state index is 11.7. The van der Waals surface area contributed by atoms with Gasteiger partial charge in [-0.1, -0.05) is 0 Å². The number of ether oxygens (including phenoxy) is 1. The van der Waals surface area contributed by atoms with Crippen molar-refractivity contribution in [1.29, 1.82) is 0 Å². The molecule has 1 unspecified atom stereocenters. The molecular weight excluding hydrogens is 270 g/mol. The first kappa shape index (κ1) is 15.7. The molecule has 8 heteroatoms. The monoisotopic (exact) mass is 289 g/mol. The predicted molar refractivity (Wildman–Crippen MR) is 73.5 cm³/mol. The fraction of sp³-hybridized carbons (Fsp3) is 0.455. The molecule has 5 N–H and O–H groups in total. The lowest BCUT2D eigenvalue weighted by Gasteiger charge is -2.14. The van der Waals surface area contributed by atoms with Crippen molar-refractivity contribution in [2.75, 3.05) is 38.4 Å². The van der Waals surface area contributed by atoms with Crippen LogP contribution in [0.15, 0.2) is 23.1 Å². The van der Waals surface area contributed by atoms with Crippen molar-refractivity contribution < 1.29 is 18.3 Å². The number of aliphatic hydroxyl groups excluding tert-OH is 1. The van der Waals surface area contributed by atoms with E-state index >= 15 is 0 Å². The van der Waals surface area contributed by atoms with Crippen LogP contribution in [0.3, 0.4) is 0 Å². The zero-order valence-electron chi connectivity index (χ0n) is 10.9. The van der Waals surface area contributed by atoms with Crippen LogP contribution in [-0.4, -0.2) is 46.9 Å². The summed E-state index contributed by atoms with van der Waals surface area (Å²) in [6.45, 7) is 0.391. The number of benzene rings is 1. The number of nitrogen functional groups attached to an aromatic ring is 1. The molecule has 0 saturated heterocycles. The van der Waals surface area contributed by atoms with Gasteiger partial charge in [-0.3, -0.25) is 0 Å². The average Bonchev–Trinajstić information content (AvgIpc) is 2.38. The molecule has 1 aromatic carbocycles. The number of hydrogen-bond donors (Lipinski definition) is 4. The van der Waals surface area contributed by atoms with Crippen molar-refractivity contribution in [3.8, 4) is 0 Å². The summed E-state index contributed by atoms with van der Waals surface area (Å²) in [6, 6.07) is 4.33. The van der Waals surface area contributed by atoms with Crippen molar-refractivity contribution in [2.24, 2.45) is 0 Å². The number of anilines is 2. The third kappa shape index (κ3) is 4.35. The molecule has 1 atom stereocenters. The van der Waals surface area contributed by atoms with E-state index in [-0.39, 0.29) is 18.0 Å². The van der Waals surface area contributed by atoms with Crippen LogP contribution in [0.25, 0.3) is 0 Å². The molecule has 7 nitrogen and oxygen atoms in total. The highest BCUT2D eigenvalue weighted by Gasteiger charge is 2.13. The second kappa shape index (κ2) is 6.71. The molecule has 1 rings (SSSR count).